The molecule has 0 spiro atoms. The maximum absolute atomic E-state index is 12.1. The molecule has 2 rings (SSSR count). The molecule has 2 aromatic rings. The summed E-state index contributed by atoms with van der Waals surface area (Å²) in [5.41, 5.74) is 2.13. The van der Waals surface area contributed by atoms with Gasteiger partial charge in [0, 0.05) is 18.5 Å². The van der Waals surface area contributed by atoms with Crippen molar-refractivity contribution < 1.29 is 19.1 Å². The van der Waals surface area contributed by atoms with Gasteiger partial charge in [0.2, 0.25) is 0 Å². The van der Waals surface area contributed by atoms with Crippen molar-refractivity contribution in [2.45, 2.75) is 26.2 Å². The number of aliphatic carboxylic acids is 1. The summed E-state index contributed by atoms with van der Waals surface area (Å²) < 4.78 is 5.23. The van der Waals surface area contributed by atoms with Gasteiger partial charge in [-0.3, -0.25) is 9.59 Å². The Morgan fingerprint density at radius 1 is 1.19 bits per heavy atom. The van der Waals surface area contributed by atoms with E-state index in [1.54, 1.807) is 18.2 Å². The summed E-state index contributed by atoms with van der Waals surface area (Å²) in [6.45, 7) is 1.92. The van der Waals surface area contributed by atoms with Crippen LogP contribution in [0.15, 0.2) is 41.0 Å². The van der Waals surface area contributed by atoms with E-state index in [9.17, 15) is 9.59 Å². The molecule has 0 aliphatic carbocycles. The molecule has 0 saturated heterocycles. The summed E-state index contributed by atoms with van der Waals surface area (Å²) in [5.74, 6) is -0.371. The van der Waals surface area contributed by atoms with E-state index in [4.69, 9.17) is 9.52 Å². The molecule has 110 valence electrons. The first-order valence-corrected chi connectivity index (χ1v) is 6.78. The van der Waals surface area contributed by atoms with Crippen LogP contribution in [0.3, 0.4) is 0 Å². The molecule has 1 aromatic carbocycles. The van der Waals surface area contributed by atoms with E-state index < -0.39 is 5.97 Å². The Bertz CT molecular complexity index is 628. The predicted molar refractivity (Wildman–Crippen MR) is 78.4 cm³/mol. The Balaban J connectivity index is 2.00. The minimum Gasteiger partial charge on any atom is -0.481 e. The number of furan rings is 1. The van der Waals surface area contributed by atoms with E-state index in [1.807, 2.05) is 19.1 Å². The minimum absolute atomic E-state index is 0.0978. The van der Waals surface area contributed by atoms with Crippen molar-refractivity contribution in [2.24, 2.45) is 0 Å². The number of carboxylic acids is 1. The van der Waals surface area contributed by atoms with Crippen LogP contribution in [0.25, 0.3) is 0 Å². The van der Waals surface area contributed by atoms with Crippen LogP contribution in [0, 0.1) is 0 Å². The minimum atomic E-state index is -0.820. The second kappa shape index (κ2) is 6.74. The molecule has 5 heteroatoms. The van der Waals surface area contributed by atoms with Gasteiger partial charge in [-0.25, -0.2) is 0 Å². The van der Waals surface area contributed by atoms with Gasteiger partial charge in [-0.2, -0.15) is 0 Å². The topological polar surface area (TPSA) is 79.5 Å². The molecule has 1 amide bonds. The fourth-order valence-electron chi connectivity index (χ4n) is 2.02. The summed E-state index contributed by atoms with van der Waals surface area (Å²) in [6, 6.07) is 8.81. The van der Waals surface area contributed by atoms with Crippen LogP contribution >= 0.6 is 0 Å². The Morgan fingerprint density at radius 2 is 1.90 bits per heavy atom. The molecular weight excluding hydrogens is 270 g/mol. The fourth-order valence-corrected chi connectivity index (χ4v) is 2.02. The second-order valence-corrected chi connectivity index (χ2v) is 4.66. The smallest absolute Gasteiger partial charge is 0.303 e. The summed E-state index contributed by atoms with van der Waals surface area (Å²) in [4.78, 5) is 22.6. The highest BCUT2D eigenvalue weighted by molar-refractivity contribution is 6.04. The van der Waals surface area contributed by atoms with Crippen molar-refractivity contribution in [3.63, 3.8) is 0 Å². The standard InChI is InChI=1S/C16H17NO4/c1-2-14-13(9-10-21-14)16(20)17-12-6-3-11(4-7-12)5-8-15(18)19/h3-4,6-7,9-10H,2,5,8H2,1H3,(H,17,20)(H,18,19). The summed E-state index contributed by atoms with van der Waals surface area (Å²) in [7, 11) is 0. The van der Waals surface area contributed by atoms with Crippen LogP contribution in [0.1, 0.15) is 35.0 Å². The summed E-state index contributed by atoms with van der Waals surface area (Å²) in [6.07, 6.45) is 2.73. The average Bonchev–Trinajstić information content (AvgIpc) is 2.95. The fraction of sp³-hybridized carbons (Fsp3) is 0.250. The first kappa shape index (κ1) is 14.8. The third-order valence-electron chi connectivity index (χ3n) is 3.15. The zero-order chi connectivity index (χ0) is 15.2. The third-order valence-corrected chi connectivity index (χ3v) is 3.15. The molecule has 0 bridgehead atoms. The Hall–Kier alpha value is -2.56. The largest absolute Gasteiger partial charge is 0.481 e. The lowest BCUT2D eigenvalue weighted by molar-refractivity contribution is -0.136. The van der Waals surface area contributed by atoms with Gasteiger partial charge in [-0.05, 0) is 30.2 Å². The molecular formula is C16H17NO4. The first-order valence-electron chi connectivity index (χ1n) is 6.78. The van der Waals surface area contributed by atoms with Gasteiger partial charge >= 0.3 is 5.97 Å². The van der Waals surface area contributed by atoms with Gasteiger partial charge < -0.3 is 14.8 Å². The highest BCUT2D eigenvalue weighted by Crippen LogP contribution is 2.16. The number of aryl methyl sites for hydroxylation is 2. The molecule has 1 heterocycles. The molecule has 5 nitrogen and oxygen atoms in total. The molecule has 0 saturated carbocycles. The molecule has 0 atom stereocenters. The van der Waals surface area contributed by atoms with E-state index in [0.717, 1.165) is 5.56 Å². The van der Waals surface area contributed by atoms with Crippen LogP contribution in [0.2, 0.25) is 0 Å². The number of hydrogen-bond donors (Lipinski definition) is 2. The van der Waals surface area contributed by atoms with Crippen LogP contribution < -0.4 is 5.32 Å². The number of carbonyl (C=O) groups is 2. The van der Waals surface area contributed by atoms with Gasteiger partial charge in [0.1, 0.15) is 5.76 Å². The number of rotatable bonds is 6. The molecule has 0 unspecified atom stereocenters. The molecule has 0 fully saturated rings. The number of nitrogens with one attached hydrogen (secondary N) is 1. The molecule has 0 radical (unpaired) electrons. The lowest BCUT2D eigenvalue weighted by Crippen LogP contribution is -2.12. The molecule has 0 aliphatic heterocycles. The van der Waals surface area contributed by atoms with Gasteiger partial charge in [-0.1, -0.05) is 19.1 Å². The van der Waals surface area contributed by atoms with Crippen molar-refractivity contribution in [1.82, 2.24) is 0 Å². The molecule has 21 heavy (non-hydrogen) atoms. The zero-order valence-corrected chi connectivity index (χ0v) is 11.8. The van der Waals surface area contributed by atoms with Gasteiger partial charge in [0.05, 0.1) is 11.8 Å². The summed E-state index contributed by atoms with van der Waals surface area (Å²) in [5, 5.41) is 11.4. The SMILES string of the molecule is CCc1occc1C(=O)Nc1ccc(CCC(=O)O)cc1. The Labute approximate surface area is 122 Å². The normalized spacial score (nSPS) is 10.3. The van der Waals surface area contributed by atoms with Crippen LogP contribution in [0.5, 0.6) is 0 Å². The van der Waals surface area contributed by atoms with Gasteiger partial charge in [-0.15, -0.1) is 0 Å². The first-order chi connectivity index (χ1) is 10.1. The number of carbonyl (C=O) groups excluding carboxylic acids is 1. The number of anilines is 1. The number of hydrogen-bond acceptors (Lipinski definition) is 3. The Kier molecular flexibility index (Phi) is 4.77. The molecule has 1 aromatic heterocycles. The lowest BCUT2D eigenvalue weighted by Gasteiger charge is -2.06. The summed E-state index contributed by atoms with van der Waals surface area (Å²) >= 11 is 0. The van der Waals surface area contributed by atoms with E-state index in [1.165, 1.54) is 6.26 Å². The van der Waals surface area contributed by atoms with Crippen molar-refractivity contribution in [3.05, 3.63) is 53.5 Å². The van der Waals surface area contributed by atoms with Crippen molar-refractivity contribution >= 4 is 17.6 Å². The van der Waals surface area contributed by atoms with E-state index in [2.05, 4.69) is 5.32 Å². The average molecular weight is 287 g/mol. The van der Waals surface area contributed by atoms with E-state index in [-0.39, 0.29) is 12.3 Å². The van der Waals surface area contributed by atoms with E-state index in [0.29, 0.717) is 29.9 Å². The lowest BCUT2D eigenvalue weighted by atomic mass is 10.1. The predicted octanol–water partition coefficient (Wildman–Crippen LogP) is 3.11. The zero-order valence-electron chi connectivity index (χ0n) is 11.8. The van der Waals surface area contributed by atoms with Crippen molar-refractivity contribution in [2.75, 3.05) is 5.32 Å². The number of amides is 1. The van der Waals surface area contributed by atoms with Crippen LogP contribution in [-0.4, -0.2) is 17.0 Å². The number of benzene rings is 1. The maximum Gasteiger partial charge on any atom is 0.303 e. The third kappa shape index (κ3) is 3.95. The van der Waals surface area contributed by atoms with Crippen molar-refractivity contribution in [3.8, 4) is 0 Å². The van der Waals surface area contributed by atoms with Gasteiger partial charge in [0.25, 0.3) is 5.91 Å². The Morgan fingerprint density at radius 3 is 2.52 bits per heavy atom. The van der Waals surface area contributed by atoms with Crippen molar-refractivity contribution in [1.29, 1.82) is 0 Å². The maximum atomic E-state index is 12.1. The quantitative estimate of drug-likeness (QED) is 0.855. The molecule has 2 N–H and O–H groups in total. The van der Waals surface area contributed by atoms with Gasteiger partial charge in [0.15, 0.2) is 0 Å². The number of carboxylic acid groups (broad SMARTS) is 1. The second-order valence-electron chi connectivity index (χ2n) is 4.66. The van der Waals surface area contributed by atoms with E-state index >= 15 is 0 Å². The highest BCUT2D eigenvalue weighted by Gasteiger charge is 2.13. The highest BCUT2D eigenvalue weighted by atomic mass is 16.4. The molecule has 0 aliphatic rings. The van der Waals surface area contributed by atoms with Crippen LogP contribution in [-0.2, 0) is 17.6 Å². The van der Waals surface area contributed by atoms with Crippen LogP contribution in [0.4, 0.5) is 5.69 Å². The monoisotopic (exact) mass is 287 g/mol.